The van der Waals surface area contributed by atoms with Crippen LogP contribution in [0.4, 0.5) is 5.69 Å². The molecule has 78 valence electrons. The number of hydrogen-bond acceptors (Lipinski definition) is 3. The largest absolute Gasteiger partial charge is 0.369 e. The fraction of sp³-hybridized carbons (Fsp3) is 0.417. The lowest BCUT2D eigenvalue weighted by molar-refractivity contribution is 0.506. The van der Waals surface area contributed by atoms with Crippen molar-refractivity contribution in [1.82, 2.24) is 0 Å². The van der Waals surface area contributed by atoms with Crippen molar-refractivity contribution < 1.29 is 0 Å². The second-order valence-corrected chi connectivity index (χ2v) is 3.98. The number of hydrogen-bond donors (Lipinski definition) is 1. The van der Waals surface area contributed by atoms with Gasteiger partial charge in [-0.2, -0.15) is 5.26 Å². The third-order valence-corrected chi connectivity index (χ3v) is 2.82. The summed E-state index contributed by atoms with van der Waals surface area (Å²) in [6.45, 7) is 1.87. The average molecular weight is 201 g/mol. The predicted octanol–water partition coefficient (Wildman–Crippen LogP) is 1.49. The molecule has 0 amide bonds. The minimum Gasteiger partial charge on any atom is -0.369 e. The number of nitrogens with zero attached hydrogens (tertiary/aromatic N) is 2. The molecule has 1 atom stereocenters. The van der Waals surface area contributed by atoms with Crippen LogP contribution in [-0.4, -0.2) is 19.1 Å². The highest BCUT2D eigenvalue weighted by Gasteiger charge is 2.18. The van der Waals surface area contributed by atoms with Gasteiger partial charge < -0.3 is 10.6 Å². The lowest BCUT2D eigenvalue weighted by Gasteiger charge is -2.33. The van der Waals surface area contributed by atoms with E-state index >= 15 is 0 Å². The third-order valence-electron chi connectivity index (χ3n) is 2.82. The molecule has 1 heterocycles. The summed E-state index contributed by atoms with van der Waals surface area (Å²) in [5, 5.41) is 9.01. The van der Waals surface area contributed by atoms with Gasteiger partial charge in [0.2, 0.25) is 0 Å². The van der Waals surface area contributed by atoms with Gasteiger partial charge in [-0.1, -0.05) is 12.1 Å². The summed E-state index contributed by atoms with van der Waals surface area (Å²) in [7, 11) is 0. The monoisotopic (exact) mass is 201 g/mol. The average Bonchev–Trinajstić information content (AvgIpc) is 2.29. The molecule has 1 saturated heterocycles. The first-order valence-electron chi connectivity index (χ1n) is 5.31. The quantitative estimate of drug-likeness (QED) is 0.749. The maximum Gasteiger partial charge on any atom is 0.101 e. The molecule has 3 nitrogen and oxygen atoms in total. The molecular formula is C12H15N3. The summed E-state index contributed by atoms with van der Waals surface area (Å²) in [4.78, 5) is 2.22. The van der Waals surface area contributed by atoms with E-state index in [4.69, 9.17) is 11.0 Å². The number of nitrogens with two attached hydrogens (primary N) is 1. The van der Waals surface area contributed by atoms with Crippen LogP contribution in [0, 0.1) is 11.3 Å². The highest BCUT2D eigenvalue weighted by atomic mass is 15.1. The Balaban J connectivity index is 2.25. The van der Waals surface area contributed by atoms with Crippen LogP contribution < -0.4 is 10.6 Å². The van der Waals surface area contributed by atoms with Gasteiger partial charge >= 0.3 is 0 Å². The van der Waals surface area contributed by atoms with Gasteiger partial charge in [0, 0.05) is 19.1 Å². The van der Waals surface area contributed by atoms with Crippen LogP contribution in [0.15, 0.2) is 24.3 Å². The normalized spacial score (nSPS) is 21.1. The van der Waals surface area contributed by atoms with E-state index in [0.717, 1.165) is 37.2 Å². The number of anilines is 1. The van der Waals surface area contributed by atoms with Crippen molar-refractivity contribution in [3.05, 3.63) is 29.8 Å². The van der Waals surface area contributed by atoms with Gasteiger partial charge in [-0.15, -0.1) is 0 Å². The maximum atomic E-state index is 9.01. The van der Waals surface area contributed by atoms with Crippen LogP contribution in [0.25, 0.3) is 0 Å². The summed E-state index contributed by atoms with van der Waals surface area (Å²) in [5.74, 6) is 0. The molecule has 2 rings (SSSR count). The SMILES string of the molecule is N#Cc1ccccc1N1CCC[C@@H](N)C1. The van der Waals surface area contributed by atoms with Crippen molar-refractivity contribution in [2.45, 2.75) is 18.9 Å². The molecule has 1 aliphatic heterocycles. The highest BCUT2D eigenvalue weighted by Crippen LogP contribution is 2.22. The molecule has 0 saturated carbocycles. The van der Waals surface area contributed by atoms with Crippen LogP contribution >= 0.6 is 0 Å². The Morgan fingerprint density at radius 1 is 1.40 bits per heavy atom. The van der Waals surface area contributed by atoms with Crippen LogP contribution in [0.1, 0.15) is 18.4 Å². The zero-order chi connectivity index (χ0) is 10.7. The minimum atomic E-state index is 0.241. The Morgan fingerprint density at radius 3 is 2.93 bits per heavy atom. The molecule has 0 unspecified atom stereocenters. The molecule has 0 aliphatic carbocycles. The predicted molar refractivity (Wildman–Crippen MR) is 60.6 cm³/mol. The van der Waals surface area contributed by atoms with Crippen LogP contribution in [0.5, 0.6) is 0 Å². The third kappa shape index (κ3) is 2.11. The molecule has 15 heavy (non-hydrogen) atoms. The Kier molecular flexibility index (Phi) is 2.89. The Morgan fingerprint density at radius 2 is 2.20 bits per heavy atom. The molecule has 0 radical (unpaired) electrons. The van der Waals surface area contributed by atoms with Crippen molar-refractivity contribution in [2.24, 2.45) is 5.73 Å². The van der Waals surface area contributed by atoms with Gasteiger partial charge in [-0.25, -0.2) is 0 Å². The van der Waals surface area contributed by atoms with Crippen molar-refractivity contribution in [2.75, 3.05) is 18.0 Å². The van der Waals surface area contributed by atoms with Crippen LogP contribution in [0.2, 0.25) is 0 Å². The number of rotatable bonds is 1. The fourth-order valence-corrected chi connectivity index (χ4v) is 2.07. The first kappa shape index (κ1) is 10.0. The molecule has 3 heteroatoms. The summed E-state index contributed by atoms with van der Waals surface area (Å²) in [6.07, 6.45) is 2.20. The summed E-state index contributed by atoms with van der Waals surface area (Å²) < 4.78 is 0. The summed E-state index contributed by atoms with van der Waals surface area (Å²) in [6, 6.07) is 10.2. The van der Waals surface area contributed by atoms with Crippen LogP contribution in [-0.2, 0) is 0 Å². The van der Waals surface area contributed by atoms with Crippen molar-refractivity contribution in [3.63, 3.8) is 0 Å². The standard InChI is InChI=1S/C12H15N3/c13-8-10-4-1-2-6-12(10)15-7-3-5-11(14)9-15/h1-2,4,6,11H,3,5,7,9,14H2/t11-/m1/s1. The van der Waals surface area contributed by atoms with E-state index in [-0.39, 0.29) is 6.04 Å². The van der Waals surface area contributed by atoms with Crippen molar-refractivity contribution in [3.8, 4) is 6.07 Å². The van der Waals surface area contributed by atoms with E-state index in [1.54, 1.807) is 0 Å². The molecule has 0 spiro atoms. The summed E-state index contributed by atoms with van der Waals surface area (Å²) in [5.41, 5.74) is 7.69. The molecule has 0 aromatic heterocycles. The van der Waals surface area contributed by atoms with Crippen LogP contribution in [0.3, 0.4) is 0 Å². The topological polar surface area (TPSA) is 53.0 Å². The molecular weight excluding hydrogens is 186 g/mol. The van der Waals surface area contributed by atoms with E-state index in [1.165, 1.54) is 0 Å². The Bertz CT molecular complexity index is 381. The Hall–Kier alpha value is -1.53. The zero-order valence-electron chi connectivity index (χ0n) is 8.69. The molecule has 0 bridgehead atoms. The van der Waals surface area contributed by atoms with E-state index in [9.17, 15) is 0 Å². The van der Waals surface area contributed by atoms with E-state index in [0.29, 0.717) is 0 Å². The maximum absolute atomic E-state index is 9.01. The molecule has 1 aliphatic rings. The van der Waals surface area contributed by atoms with Gasteiger partial charge in [-0.05, 0) is 25.0 Å². The number of benzene rings is 1. The van der Waals surface area contributed by atoms with E-state index in [1.807, 2.05) is 24.3 Å². The highest BCUT2D eigenvalue weighted by molar-refractivity contribution is 5.59. The fourth-order valence-electron chi connectivity index (χ4n) is 2.07. The van der Waals surface area contributed by atoms with Gasteiger partial charge in [0.25, 0.3) is 0 Å². The first-order chi connectivity index (χ1) is 7.31. The van der Waals surface area contributed by atoms with Gasteiger partial charge in [0.1, 0.15) is 6.07 Å². The van der Waals surface area contributed by atoms with E-state index in [2.05, 4.69) is 11.0 Å². The van der Waals surface area contributed by atoms with Crippen molar-refractivity contribution >= 4 is 5.69 Å². The second kappa shape index (κ2) is 4.33. The number of piperidine rings is 1. The van der Waals surface area contributed by atoms with Crippen molar-refractivity contribution in [1.29, 1.82) is 5.26 Å². The number of para-hydroxylation sites is 1. The first-order valence-corrected chi connectivity index (χ1v) is 5.31. The summed E-state index contributed by atoms with van der Waals surface area (Å²) >= 11 is 0. The smallest absolute Gasteiger partial charge is 0.101 e. The number of nitriles is 1. The molecule has 1 fully saturated rings. The minimum absolute atomic E-state index is 0.241. The second-order valence-electron chi connectivity index (χ2n) is 3.98. The van der Waals surface area contributed by atoms with Gasteiger partial charge in [-0.3, -0.25) is 0 Å². The molecule has 1 aromatic carbocycles. The van der Waals surface area contributed by atoms with Gasteiger partial charge in [0.15, 0.2) is 0 Å². The molecule has 2 N–H and O–H groups in total. The molecule has 1 aromatic rings. The van der Waals surface area contributed by atoms with Gasteiger partial charge in [0.05, 0.1) is 11.3 Å². The lowest BCUT2D eigenvalue weighted by Crippen LogP contribution is -2.43. The Labute approximate surface area is 90.1 Å². The lowest BCUT2D eigenvalue weighted by atomic mass is 10.0. The van der Waals surface area contributed by atoms with E-state index < -0.39 is 0 Å². The zero-order valence-corrected chi connectivity index (χ0v) is 8.69.